The Kier molecular flexibility index (Phi) is 7.76. The molecule has 1 rings (SSSR count). The number of benzene rings is 1. The van der Waals surface area contributed by atoms with Crippen molar-refractivity contribution in [1.29, 1.82) is 0 Å². The van der Waals surface area contributed by atoms with Gasteiger partial charge in [0.15, 0.2) is 8.32 Å². The van der Waals surface area contributed by atoms with Crippen LogP contribution in [-0.4, -0.2) is 31.3 Å². The van der Waals surface area contributed by atoms with Crippen molar-refractivity contribution in [3.05, 3.63) is 29.6 Å². The normalized spacial score (nSPS) is 15.7. The van der Waals surface area contributed by atoms with E-state index in [1.165, 1.54) is 19.2 Å². The van der Waals surface area contributed by atoms with Crippen molar-refractivity contribution in [2.45, 2.75) is 70.5 Å². The zero-order chi connectivity index (χ0) is 20.3. The molecule has 0 fully saturated rings. The van der Waals surface area contributed by atoms with E-state index in [9.17, 15) is 8.94 Å². The lowest BCUT2D eigenvalue weighted by atomic mass is 10.1. The standard InChI is InChI=1S/C19H34FNO3SSi/c1-18(2,3)25(22)21-17(13-24-26(8,9)19(4,5)6)14-10-15(20)12-16(11-14)23-7/h10-12,17,21H,13H2,1-9H3. The average molecular weight is 404 g/mol. The fourth-order valence-electron chi connectivity index (χ4n) is 1.92. The summed E-state index contributed by atoms with van der Waals surface area (Å²) in [7, 11) is -0.497. The number of methoxy groups -OCH3 is 1. The van der Waals surface area contributed by atoms with E-state index in [0.717, 1.165) is 0 Å². The van der Waals surface area contributed by atoms with Crippen molar-refractivity contribution in [2.75, 3.05) is 13.7 Å². The third kappa shape index (κ3) is 6.53. The lowest BCUT2D eigenvalue weighted by molar-refractivity contribution is 0.255. The highest BCUT2D eigenvalue weighted by Gasteiger charge is 2.38. The lowest BCUT2D eigenvalue weighted by Crippen LogP contribution is -2.46. The van der Waals surface area contributed by atoms with E-state index in [0.29, 0.717) is 17.9 Å². The highest BCUT2D eigenvalue weighted by atomic mass is 32.2. The van der Waals surface area contributed by atoms with Crippen LogP contribution in [0.1, 0.15) is 53.1 Å². The maximum Gasteiger partial charge on any atom is 0.192 e. The molecule has 7 heteroatoms. The van der Waals surface area contributed by atoms with Crippen molar-refractivity contribution in [2.24, 2.45) is 0 Å². The number of nitrogens with one attached hydrogen (secondary N) is 1. The molecule has 0 radical (unpaired) electrons. The van der Waals surface area contributed by atoms with Gasteiger partial charge in [0.1, 0.15) is 16.3 Å². The fraction of sp³-hybridized carbons (Fsp3) is 0.684. The molecule has 0 aromatic heterocycles. The molecular weight excluding hydrogens is 369 g/mol. The van der Waals surface area contributed by atoms with Crippen LogP contribution in [0, 0.1) is 5.82 Å². The third-order valence-electron chi connectivity index (χ3n) is 4.75. The second-order valence-electron chi connectivity index (χ2n) is 9.05. The van der Waals surface area contributed by atoms with Crippen molar-refractivity contribution in [3.63, 3.8) is 0 Å². The van der Waals surface area contributed by atoms with Crippen LogP contribution in [0.25, 0.3) is 0 Å². The molecule has 0 saturated heterocycles. The van der Waals surface area contributed by atoms with Crippen LogP contribution in [0.15, 0.2) is 18.2 Å². The predicted octanol–water partition coefficient (Wildman–Crippen LogP) is 4.95. The van der Waals surface area contributed by atoms with E-state index in [-0.39, 0.29) is 10.9 Å². The maximum absolute atomic E-state index is 14.0. The van der Waals surface area contributed by atoms with Gasteiger partial charge in [-0.1, -0.05) is 20.8 Å². The molecule has 0 amide bonds. The molecule has 2 atom stereocenters. The van der Waals surface area contributed by atoms with Gasteiger partial charge in [-0.3, -0.25) is 0 Å². The third-order valence-corrected chi connectivity index (χ3v) is 10.9. The van der Waals surface area contributed by atoms with Gasteiger partial charge in [-0.25, -0.2) is 4.39 Å². The Morgan fingerprint density at radius 3 is 2.19 bits per heavy atom. The van der Waals surface area contributed by atoms with E-state index in [1.807, 2.05) is 20.8 Å². The Hall–Kier alpha value is -0.603. The molecule has 2 unspecified atom stereocenters. The summed E-state index contributed by atoms with van der Waals surface area (Å²) in [5, 5.41) is 0.0559. The van der Waals surface area contributed by atoms with E-state index < -0.39 is 30.5 Å². The molecule has 0 aliphatic heterocycles. The van der Waals surface area contributed by atoms with Crippen LogP contribution in [-0.2, 0) is 15.8 Å². The first kappa shape index (κ1) is 23.4. The first-order chi connectivity index (χ1) is 11.7. The van der Waals surface area contributed by atoms with E-state index >= 15 is 0 Å². The Balaban J connectivity index is 3.13. The smallest absolute Gasteiger partial charge is 0.192 e. The zero-order valence-electron chi connectivity index (χ0n) is 17.5. The van der Waals surface area contributed by atoms with Gasteiger partial charge in [0, 0.05) is 17.4 Å². The van der Waals surface area contributed by atoms with Crippen LogP contribution >= 0.6 is 0 Å². The summed E-state index contributed by atoms with van der Waals surface area (Å²) >= 11 is -1.31. The van der Waals surface area contributed by atoms with Crippen molar-refractivity contribution in [3.8, 4) is 5.75 Å². The highest BCUT2D eigenvalue weighted by Crippen LogP contribution is 2.37. The molecule has 0 aliphatic rings. The first-order valence-electron chi connectivity index (χ1n) is 8.84. The van der Waals surface area contributed by atoms with Gasteiger partial charge in [0.2, 0.25) is 0 Å². The largest absolute Gasteiger partial charge is 0.598 e. The summed E-state index contributed by atoms with van der Waals surface area (Å²) in [5.74, 6) is 0.0423. The summed E-state index contributed by atoms with van der Waals surface area (Å²) in [6, 6.07) is 4.13. The number of hydrogen-bond acceptors (Lipinski definition) is 4. The molecule has 0 heterocycles. The second-order valence-corrected chi connectivity index (χ2v) is 15.9. The van der Waals surface area contributed by atoms with Crippen LogP contribution in [0.3, 0.4) is 0 Å². The molecular formula is C19H34FNO3SSi. The number of halogens is 1. The van der Waals surface area contributed by atoms with Crippen molar-refractivity contribution >= 4 is 19.7 Å². The minimum atomic E-state index is -2.00. The van der Waals surface area contributed by atoms with Gasteiger partial charge in [-0.2, -0.15) is 0 Å². The molecule has 1 aromatic carbocycles. The average Bonchev–Trinajstić information content (AvgIpc) is 2.48. The Morgan fingerprint density at radius 1 is 1.15 bits per heavy atom. The van der Waals surface area contributed by atoms with Crippen LogP contribution in [0.2, 0.25) is 18.1 Å². The van der Waals surface area contributed by atoms with Gasteiger partial charge in [-0.15, -0.1) is 4.72 Å². The number of hydrogen-bond donors (Lipinski definition) is 1. The monoisotopic (exact) mass is 403 g/mol. The number of rotatable bonds is 7. The van der Waals surface area contributed by atoms with Gasteiger partial charge in [0.25, 0.3) is 0 Å². The molecule has 1 N–H and O–H groups in total. The van der Waals surface area contributed by atoms with E-state index in [2.05, 4.69) is 38.6 Å². The first-order valence-corrected chi connectivity index (χ1v) is 12.9. The Labute approximate surface area is 162 Å². The second kappa shape index (κ2) is 8.60. The summed E-state index contributed by atoms with van der Waals surface area (Å²) < 4.78 is 40.8. The lowest BCUT2D eigenvalue weighted by Gasteiger charge is -2.37. The van der Waals surface area contributed by atoms with Gasteiger partial charge >= 0.3 is 0 Å². The molecule has 0 bridgehead atoms. The molecule has 0 spiro atoms. The molecule has 0 aliphatic carbocycles. The van der Waals surface area contributed by atoms with Crippen molar-refractivity contribution < 1.29 is 18.1 Å². The minimum Gasteiger partial charge on any atom is -0.598 e. The van der Waals surface area contributed by atoms with Gasteiger partial charge in [0.05, 0.1) is 19.8 Å². The molecule has 150 valence electrons. The minimum absolute atomic E-state index is 0.0559. The van der Waals surface area contributed by atoms with Gasteiger partial charge in [-0.05, 0) is 56.6 Å². The summed E-state index contributed by atoms with van der Waals surface area (Å²) in [6.45, 7) is 16.8. The SMILES string of the molecule is COc1cc(F)cc(C(CO[Si](C)(C)C(C)(C)C)N[S+]([O-])C(C)(C)C)c1. The topological polar surface area (TPSA) is 53.5 Å². The summed E-state index contributed by atoms with van der Waals surface area (Å²) in [6.07, 6.45) is 0. The predicted molar refractivity (Wildman–Crippen MR) is 110 cm³/mol. The van der Waals surface area contributed by atoms with E-state index in [1.54, 1.807) is 6.07 Å². The van der Waals surface area contributed by atoms with Crippen molar-refractivity contribution in [1.82, 2.24) is 4.72 Å². The summed E-state index contributed by atoms with van der Waals surface area (Å²) in [4.78, 5) is 0. The summed E-state index contributed by atoms with van der Waals surface area (Å²) in [5.41, 5.74) is 0.665. The zero-order valence-corrected chi connectivity index (χ0v) is 19.3. The molecule has 4 nitrogen and oxygen atoms in total. The Morgan fingerprint density at radius 2 is 1.73 bits per heavy atom. The Bertz CT molecular complexity index is 599. The van der Waals surface area contributed by atoms with Crippen LogP contribution in [0.4, 0.5) is 4.39 Å². The number of ether oxygens (including phenoxy) is 1. The maximum atomic E-state index is 14.0. The van der Waals surface area contributed by atoms with E-state index in [4.69, 9.17) is 9.16 Å². The van der Waals surface area contributed by atoms with Gasteiger partial charge < -0.3 is 13.7 Å². The highest BCUT2D eigenvalue weighted by molar-refractivity contribution is 7.90. The molecule has 1 aromatic rings. The molecule has 26 heavy (non-hydrogen) atoms. The van der Waals surface area contributed by atoms with Crippen LogP contribution in [0.5, 0.6) is 5.75 Å². The quantitative estimate of drug-likeness (QED) is 0.517. The fourth-order valence-corrected chi connectivity index (χ4v) is 3.75. The molecule has 0 saturated carbocycles. The van der Waals surface area contributed by atoms with Crippen LogP contribution < -0.4 is 9.46 Å².